The Bertz CT molecular complexity index is 642. The van der Waals surface area contributed by atoms with Crippen molar-refractivity contribution in [2.45, 2.75) is 25.9 Å². The van der Waals surface area contributed by atoms with Crippen LogP contribution in [0.5, 0.6) is 0 Å². The highest BCUT2D eigenvalue weighted by atomic mass is 16.2. The van der Waals surface area contributed by atoms with Gasteiger partial charge in [0, 0.05) is 30.4 Å². The second-order valence-corrected chi connectivity index (χ2v) is 5.47. The molecule has 4 heteroatoms. The van der Waals surface area contributed by atoms with Gasteiger partial charge in [-0.15, -0.1) is 0 Å². The van der Waals surface area contributed by atoms with Crippen molar-refractivity contribution in [2.24, 2.45) is 5.92 Å². The van der Waals surface area contributed by atoms with Gasteiger partial charge in [-0.05, 0) is 24.5 Å². The van der Waals surface area contributed by atoms with Crippen molar-refractivity contribution in [3.05, 3.63) is 59.9 Å². The fourth-order valence-electron chi connectivity index (χ4n) is 2.28. The molecule has 1 amide bonds. The Morgan fingerprint density at radius 1 is 1.14 bits per heavy atom. The number of Topliss-reactive ketones (excluding diaryl/α,β-unsaturated/α-hetero) is 1. The summed E-state index contributed by atoms with van der Waals surface area (Å²) in [5.41, 5.74) is 1.79. The van der Waals surface area contributed by atoms with Crippen LogP contribution in [0, 0.1) is 5.92 Å². The molecular weight excluding hydrogens is 264 g/mol. The largest absolute Gasteiger partial charge is 0.350 e. The minimum absolute atomic E-state index is 0.0557. The summed E-state index contributed by atoms with van der Waals surface area (Å²) in [4.78, 5) is 23.8. The molecule has 1 aliphatic carbocycles. The van der Waals surface area contributed by atoms with Gasteiger partial charge in [0.1, 0.15) is 6.54 Å². The molecule has 1 aromatic heterocycles. The third kappa shape index (κ3) is 3.60. The van der Waals surface area contributed by atoms with Crippen molar-refractivity contribution < 1.29 is 9.59 Å². The second-order valence-electron chi connectivity index (χ2n) is 5.47. The summed E-state index contributed by atoms with van der Waals surface area (Å²) in [6.07, 6.45) is 5.56. The summed E-state index contributed by atoms with van der Waals surface area (Å²) in [5, 5.41) is 2.88. The van der Waals surface area contributed by atoms with Gasteiger partial charge in [-0.2, -0.15) is 0 Å². The Balaban J connectivity index is 1.51. The van der Waals surface area contributed by atoms with Crippen LogP contribution in [0.25, 0.3) is 0 Å². The lowest BCUT2D eigenvalue weighted by Crippen LogP contribution is -2.26. The number of ketones is 1. The molecule has 108 valence electrons. The number of aromatic nitrogens is 1. The van der Waals surface area contributed by atoms with Crippen molar-refractivity contribution >= 4 is 11.7 Å². The lowest BCUT2D eigenvalue weighted by Gasteiger charge is -2.06. The van der Waals surface area contributed by atoms with Crippen LogP contribution in [-0.2, 0) is 17.9 Å². The maximum absolute atomic E-state index is 11.9. The Hall–Kier alpha value is -2.36. The van der Waals surface area contributed by atoms with Gasteiger partial charge in [0.15, 0.2) is 5.78 Å². The number of carbonyl (C=O) groups is 2. The molecule has 0 bridgehead atoms. The summed E-state index contributed by atoms with van der Waals surface area (Å²) in [6, 6.07) is 11.6. The van der Waals surface area contributed by atoms with Gasteiger partial charge in [-0.25, -0.2) is 0 Å². The van der Waals surface area contributed by atoms with Gasteiger partial charge in [0.2, 0.25) is 5.91 Å². The molecule has 0 unspecified atom stereocenters. The minimum Gasteiger partial charge on any atom is -0.350 e. The lowest BCUT2D eigenvalue weighted by molar-refractivity contribution is -0.121. The van der Waals surface area contributed by atoms with Crippen molar-refractivity contribution in [3.8, 4) is 0 Å². The first kappa shape index (κ1) is 13.6. The fraction of sp³-hybridized carbons (Fsp3) is 0.294. The average molecular weight is 282 g/mol. The van der Waals surface area contributed by atoms with Gasteiger partial charge in [-0.3, -0.25) is 9.59 Å². The number of rotatable bonds is 6. The van der Waals surface area contributed by atoms with Crippen molar-refractivity contribution in [2.75, 3.05) is 0 Å². The van der Waals surface area contributed by atoms with E-state index in [1.807, 2.05) is 30.3 Å². The van der Waals surface area contributed by atoms with Gasteiger partial charge in [-0.1, -0.05) is 30.3 Å². The van der Waals surface area contributed by atoms with Crippen molar-refractivity contribution in [3.63, 3.8) is 0 Å². The molecule has 1 N–H and O–H groups in total. The molecule has 3 rings (SSSR count). The quantitative estimate of drug-likeness (QED) is 0.827. The van der Waals surface area contributed by atoms with Crippen LogP contribution in [-0.4, -0.2) is 16.3 Å². The molecule has 4 nitrogen and oxygen atoms in total. The molecule has 2 aromatic rings. The minimum atomic E-state index is -0.0557. The van der Waals surface area contributed by atoms with Crippen LogP contribution in [0.4, 0.5) is 0 Å². The molecular formula is C17H18N2O2. The Labute approximate surface area is 123 Å². The summed E-state index contributed by atoms with van der Waals surface area (Å²) >= 11 is 0. The molecule has 0 aliphatic heterocycles. The van der Waals surface area contributed by atoms with Crippen molar-refractivity contribution in [1.29, 1.82) is 0 Å². The maximum Gasteiger partial charge on any atom is 0.240 e. The zero-order valence-electron chi connectivity index (χ0n) is 11.8. The predicted molar refractivity (Wildman–Crippen MR) is 79.8 cm³/mol. The van der Waals surface area contributed by atoms with E-state index in [1.54, 1.807) is 23.0 Å². The molecule has 0 radical (unpaired) electrons. The van der Waals surface area contributed by atoms with Gasteiger partial charge in [0.25, 0.3) is 0 Å². The van der Waals surface area contributed by atoms with Crippen molar-refractivity contribution in [1.82, 2.24) is 9.88 Å². The molecule has 1 saturated carbocycles. The molecule has 0 spiro atoms. The number of carbonyl (C=O) groups excluding carboxylic acids is 2. The second kappa shape index (κ2) is 5.95. The highest BCUT2D eigenvalue weighted by molar-refractivity contribution is 5.99. The van der Waals surface area contributed by atoms with E-state index >= 15 is 0 Å². The standard InChI is InChI=1S/C17H18N2O2/c20-16(18-10-13-4-2-1-3-5-13)12-19-9-8-15(11-19)17(21)14-6-7-14/h1-5,8-9,11,14H,6-7,10,12H2,(H,18,20). The molecule has 1 aromatic carbocycles. The van der Waals surface area contributed by atoms with Crippen LogP contribution in [0.3, 0.4) is 0 Å². The number of nitrogens with one attached hydrogen (secondary N) is 1. The predicted octanol–water partition coefficient (Wildman–Crippen LogP) is 2.40. The molecule has 0 atom stereocenters. The number of amides is 1. The topological polar surface area (TPSA) is 51.1 Å². The van der Waals surface area contributed by atoms with Gasteiger partial charge < -0.3 is 9.88 Å². The van der Waals surface area contributed by atoms with E-state index in [1.165, 1.54) is 0 Å². The van der Waals surface area contributed by atoms with Crippen LogP contribution < -0.4 is 5.32 Å². The summed E-state index contributed by atoms with van der Waals surface area (Å²) in [6.45, 7) is 0.763. The zero-order chi connectivity index (χ0) is 14.7. The average Bonchev–Trinajstić information content (AvgIpc) is 3.26. The summed E-state index contributed by atoms with van der Waals surface area (Å²) in [5.74, 6) is 0.367. The normalized spacial score (nSPS) is 13.9. The Morgan fingerprint density at radius 3 is 2.62 bits per heavy atom. The maximum atomic E-state index is 11.9. The van der Waals surface area contributed by atoms with Gasteiger partial charge in [0.05, 0.1) is 0 Å². The molecule has 0 saturated heterocycles. The molecule has 1 heterocycles. The number of benzene rings is 1. The summed E-state index contributed by atoms with van der Waals surface area (Å²) < 4.78 is 1.76. The number of hydrogen-bond donors (Lipinski definition) is 1. The van der Waals surface area contributed by atoms with E-state index < -0.39 is 0 Å². The smallest absolute Gasteiger partial charge is 0.240 e. The van der Waals surface area contributed by atoms with E-state index in [9.17, 15) is 9.59 Å². The van der Waals surface area contributed by atoms with Gasteiger partial charge >= 0.3 is 0 Å². The first-order valence-corrected chi connectivity index (χ1v) is 7.23. The van der Waals surface area contributed by atoms with Crippen LogP contribution in [0.1, 0.15) is 28.8 Å². The molecule has 1 aliphatic rings. The van der Waals surface area contributed by atoms with E-state index in [0.29, 0.717) is 12.1 Å². The zero-order valence-corrected chi connectivity index (χ0v) is 11.8. The fourth-order valence-corrected chi connectivity index (χ4v) is 2.28. The number of hydrogen-bond acceptors (Lipinski definition) is 2. The highest BCUT2D eigenvalue weighted by Gasteiger charge is 2.30. The Kier molecular flexibility index (Phi) is 3.86. The third-order valence-electron chi connectivity index (χ3n) is 3.64. The number of nitrogens with zero attached hydrogens (tertiary/aromatic N) is 1. The third-order valence-corrected chi connectivity index (χ3v) is 3.64. The molecule has 21 heavy (non-hydrogen) atoms. The summed E-state index contributed by atoms with van der Waals surface area (Å²) in [7, 11) is 0. The monoisotopic (exact) mass is 282 g/mol. The first-order chi connectivity index (χ1) is 10.2. The molecule has 1 fully saturated rings. The van der Waals surface area contributed by atoms with E-state index in [0.717, 1.165) is 18.4 Å². The van der Waals surface area contributed by atoms with Crippen LogP contribution in [0.15, 0.2) is 48.8 Å². The van der Waals surface area contributed by atoms with E-state index in [-0.39, 0.29) is 24.2 Å². The SMILES string of the molecule is O=C(Cn1ccc(C(=O)C2CC2)c1)NCc1ccccc1. The van der Waals surface area contributed by atoms with Crippen LogP contribution in [0.2, 0.25) is 0 Å². The van der Waals surface area contributed by atoms with E-state index in [4.69, 9.17) is 0 Å². The van der Waals surface area contributed by atoms with E-state index in [2.05, 4.69) is 5.32 Å². The van der Waals surface area contributed by atoms with Crippen LogP contribution >= 0.6 is 0 Å². The Morgan fingerprint density at radius 2 is 1.90 bits per heavy atom. The lowest BCUT2D eigenvalue weighted by atomic mass is 10.1. The highest BCUT2D eigenvalue weighted by Crippen LogP contribution is 2.32. The first-order valence-electron chi connectivity index (χ1n) is 7.23.